The van der Waals surface area contributed by atoms with Crippen LogP contribution >= 0.6 is 0 Å². The zero-order valence-corrected chi connectivity index (χ0v) is 73.4. The summed E-state index contributed by atoms with van der Waals surface area (Å²) in [6.07, 6.45) is -36.4. The van der Waals surface area contributed by atoms with Gasteiger partial charge >= 0.3 is 53.7 Å². The summed E-state index contributed by atoms with van der Waals surface area (Å²) in [6.45, 7) is 3.67. The van der Waals surface area contributed by atoms with Crippen molar-refractivity contribution in [3.8, 4) is 0 Å². The zero-order chi connectivity index (χ0) is 92.5. The van der Waals surface area contributed by atoms with Gasteiger partial charge in [0.25, 0.3) is 0 Å². The van der Waals surface area contributed by atoms with Crippen LogP contribution in [0.5, 0.6) is 0 Å². The van der Waals surface area contributed by atoms with E-state index in [0.29, 0.717) is 17.2 Å². The maximum absolute atomic E-state index is 15.3. The van der Waals surface area contributed by atoms with Gasteiger partial charge in [0.2, 0.25) is 0 Å². The van der Waals surface area contributed by atoms with Gasteiger partial charge < -0.3 is 100 Å². The van der Waals surface area contributed by atoms with Gasteiger partial charge in [0.1, 0.15) is 42.7 Å². The third kappa shape index (κ3) is 25.5. The highest BCUT2D eigenvalue weighted by Gasteiger charge is 2.60. The number of hydrogen-bond acceptors (Lipinski definition) is 30. The van der Waals surface area contributed by atoms with Crippen LogP contribution in [0.1, 0.15) is 101 Å². The van der Waals surface area contributed by atoms with Crippen molar-refractivity contribution in [1.29, 1.82) is 0 Å². The van der Waals surface area contributed by atoms with E-state index in [2.05, 4.69) is 19.6 Å². The Labute approximate surface area is 761 Å². The highest BCUT2D eigenvalue weighted by Crippen LogP contribution is 2.40. The minimum Gasteiger partial charge on any atom is -0.456 e. The van der Waals surface area contributed by atoms with Crippen molar-refractivity contribution in [3.63, 3.8) is 0 Å². The van der Waals surface area contributed by atoms with Gasteiger partial charge in [0.15, 0.2) is 80.1 Å². The lowest BCUT2D eigenvalue weighted by Crippen LogP contribution is -2.66. The molecule has 20 atom stereocenters. The molecule has 132 heavy (non-hydrogen) atoms. The molecule has 4 saturated heterocycles. The van der Waals surface area contributed by atoms with Crippen molar-refractivity contribution >= 4 is 61.8 Å². The Kier molecular flexibility index (Phi) is 33.4. The molecule has 0 unspecified atom stereocenters. The van der Waals surface area contributed by atoms with Crippen molar-refractivity contribution in [1.82, 2.24) is 0 Å². The second kappa shape index (κ2) is 46.3. The number of aliphatic hydroxyl groups excluding tert-OH is 2. The smallest absolute Gasteiger partial charge is 0.338 e. The average Bonchev–Trinajstić information content (AvgIpc) is 0.766. The van der Waals surface area contributed by atoms with E-state index in [1.807, 2.05) is 12.1 Å². The van der Waals surface area contributed by atoms with Crippen molar-refractivity contribution in [3.05, 3.63) is 359 Å². The van der Waals surface area contributed by atoms with E-state index < -0.39 is 211 Å². The summed E-state index contributed by atoms with van der Waals surface area (Å²) in [5, 5.41) is 23.0. The topological polar surface area (TPSA) is 369 Å². The third-order valence-electron chi connectivity index (χ3n) is 21.9. The molecular formula is C101H100O30Si. The lowest BCUT2D eigenvalue weighted by atomic mass is 9.96. The fourth-order valence-corrected chi connectivity index (χ4v) is 15.8. The van der Waals surface area contributed by atoms with Gasteiger partial charge in [-0.3, -0.25) is 4.79 Å². The van der Waals surface area contributed by atoms with Crippen LogP contribution in [0, 0.1) is 0 Å². The first-order valence-electron chi connectivity index (χ1n) is 43.0. The van der Waals surface area contributed by atoms with Gasteiger partial charge in [-0.2, -0.15) is 0 Å². The molecule has 0 spiro atoms. The van der Waals surface area contributed by atoms with E-state index in [1.54, 1.807) is 194 Å². The second-order valence-corrected chi connectivity index (χ2v) is 38.1. The summed E-state index contributed by atoms with van der Waals surface area (Å²) >= 11 is 0. The normalized spacial score (nSPS) is 25.2. The quantitative estimate of drug-likeness (QED) is 0.0207. The predicted molar refractivity (Wildman–Crippen MR) is 470 cm³/mol. The van der Waals surface area contributed by atoms with Gasteiger partial charge in [0, 0.05) is 21.6 Å². The molecule has 0 aromatic heterocycles. The molecule has 4 aliphatic rings. The number of aliphatic hydroxyl groups is 2. The van der Waals surface area contributed by atoms with Crippen LogP contribution in [0.15, 0.2) is 303 Å². The first kappa shape index (κ1) is 95.3. The van der Waals surface area contributed by atoms with Crippen LogP contribution in [0.3, 0.4) is 0 Å². The average molecular weight is 1820 g/mol. The lowest BCUT2D eigenvalue weighted by molar-refractivity contribution is -0.349. The molecular weight excluding hydrogens is 1720 g/mol. The zero-order valence-electron chi connectivity index (χ0n) is 72.4. The lowest BCUT2D eigenvalue weighted by Gasteiger charge is -2.48. The maximum atomic E-state index is 15.3. The number of esters is 9. The van der Waals surface area contributed by atoms with Crippen molar-refractivity contribution < 1.29 is 143 Å². The fraction of sp³-hybridized carbons (Fsp3) is 0.317. The first-order chi connectivity index (χ1) is 64.1. The predicted octanol–water partition coefficient (Wildman–Crippen LogP) is 12.6. The van der Waals surface area contributed by atoms with Crippen LogP contribution < -0.4 is 0 Å². The number of carbonyl (C=O) groups excluding carboxylic acids is 9. The molecule has 0 saturated carbocycles. The van der Waals surface area contributed by atoms with Crippen molar-refractivity contribution in [2.45, 2.75) is 169 Å². The SMILES string of the molecule is CC(=O)O[C@@H]1[C@H](OC(=O)c2ccccc2)[C@@H](OC(=O)c2ccccc2)[C@@H](OC[C@H]2O[C@@H](OC[C@H]3O[C@@H](OCC[Si](C)(C)C)[C@H](OC(=O)c4ccccc4)[C@@H](OC(=O)c4ccccc4)[C@H]3OC(=O)c3ccccc3)[C@H](OC(=O)c3ccccc3)[C@@H](OC(=O)c3ccccc3)[C@H]2OC(=O)c2ccccc2)O[C@@H]1CO[C@H]1O[C@H](CO)[C@H](O)[C@H](OCc2ccccc2)[C@H]1OCc1ccccc1. The summed E-state index contributed by atoms with van der Waals surface area (Å²) in [7, 11) is -2.02. The van der Waals surface area contributed by atoms with Gasteiger partial charge in [-0.15, -0.1) is 0 Å². The highest BCUT2D eigenvalue weighted by atomic mass is 28.3. The molecule has 31 heteroatoms. The largest absolute Gasteiger partial charge is 0.456 e. The van der Waals surface area contributed by atoms with Crippen molar-refractivity contribution in [2.24, 2.45) is 0 Å². The van der Waals surface area contributed by atoms with E-state index in [9.17, 15) is 29.4 Å². The maximum Gasteiger partial charge on any atom is 0.338 e. The van der Waals surface area contributed by atoms with E-state index in [1.165, 1.54) is 97.1 Å². The van der Waals surface area contributed by atoms with Crippen molar-refractivity contribution in [2.75, 3.05) is 33.0 Å². The Bertz CT molecular complexity index is 5390. The Morgan fingerprint density at radius 2 is 0.485 bits per heavy atom. The molecule has 2 N–H and O–H groups in total. The Morgan fingerprint density at radius 1 is 0.265 bits per heavy atom. The minimum absolute atomic E-state index is 0.00562. The molecule has 30 nitrogen and oxygen atoms in total. The molecule has 0 aliphatic carbocycles. The minimum atomic E-state index is -2.16. The Balaban J connectivity index is 0.903. The molecule has 688 valence electrons. The standard InChI is InChI=1S/C101H100O30Si/c1-63(103)119-79-75(60-116-98-86(115-59-65-37-17-6-18-38-65)82(78(104)74(57-102)120-98)114-58-64-35-15-5-16-36-64)122-100(88(130-96(111)72-51-31-13-32-52-72)83(79)126-92(107)68-43-23-9-24-44-68)118-62-77-81(125-91(106)67-41-21-8-22-42-67)85(128-94(109)70-47-27-11-28-48-70)89(131-97(112)73-53-33-14-34-54-73)101(123-77)117-61-76-80(124-90(105)66-39-19-7-20-40-66)84(127-93(108)69-45-25-10-26-46-69)87(99(121-76)113-55-56-132(2,3)4)129-95(110)71-49-29-12-30-50-71/h5-54,74-89,98-102,104H,55-62H2,1-4H3/t74-,75-,76-,77-,78+,79+,80+,81+,82+,83+,84+,85+,86-,87-,88-,89-,98+,99-,100+,101-/m1/s1. The van der Waals surface area contributed by atoms with Crippen LogP contribution in [-0.4, -0.2) is 228 Å². The Hall–Kier alpha value is -12.8. The number of rotatable bonds is 37. The van der Waals surface area contributed by atoms with Gasteiger partial charge in [-0.05, 0) is 114 Å². The van der Waals surface area contributed by atoms with E-state index in [-0.39, 0.29) is 64.3 Å². The Morgan fingerprint density at radius 3 is 0.742 bits per heavy atom. The van der Waals surface area contributed by atoms with Crippen LogP contribution in [-0.2, 0) is 108 Å². The fourth-order valence-electron chi connectivity index (χ4n) is 15.1. The number of hydrogen-bond donors (Lipinski definition) is 2. The molecule has 4 heterocycles. The molecule has 0 radical (unpaired) electrons. The number of benzene rings is 10. The van der Waals surface area contributed by atoms with Crippen LogP contribution in [0.2, 0.25) is 25.7 Å². The summed E-state index contributed by atoms with van der Waals surface area (Å²) in [5.74, 6) is -9.32. The molecule has 4 fully saturated rings. The third-order valence-corrected chi connectivity index (χ3v) is 23.6. The van der Waals surface area contributed by atoms with E-state index >= 15 is 24.0 Å². The molecule has 0 bridgehead atoms. The summed E-state index contributed by atoms with van der Waals surface area (Å²) < 4.78 is 126. The molecule has 14 rings (SSSR count). The summed E-state index contributed by atoms with van der Waals surface area (Å²) in [6, 6.07) is 79.8. The van der Waals surface area contributed by atoms with E-state index in [4.69, 9.17) is 90.0 Å². The van der Waals surface area contributed by atoms with E-state index in [0.717, 1.165) is 6.92 Å². The summed E-state index contributed by atoms with van der Waals surface area (Å²) in [4.78, 5) is 134. The molecule has 4 aliphatic heterocycles. The van der Waals surface area contributed by atoms with Gasteiger partial charge in [0.05, 0.1) is 84.1 Å². The monoisotopic (exact) mass is 1820 g/mol. The molecule has 0 amide bonds. The molecule has 10 aromatic rings. The highest BCUT2D eigenvalue weighted by molar-refractivity contribution is 6.76. The molecule has 10 aromatic carbocycles. The first-order valence-corrected chi connectivity index (χ1v) is 46.7. The number of ether oxygens (including phenoxy) is 19. The van der Waals surface area contributed by atoms with Crippen LogP contribution in [0.4, 0.5) is 0 Å². The van der Waals surface area contributed by atoms with Gasteiger partial charge in [-0.25, -0.2) is 38.4 Å². The van der Waals surface area contributed by atoms with Crippen LogP contribution in [0.25, 0.3) is 0 Å². The van der Waals surface area contributed by atoms with Gasteiger partial charge in [-0.1, -0.05) is 226 Å². The summed E-state index contributed by atoms with van der Waals surface area (Å²) in [5.41, 5.74) is 1.12. The number of carbonyl (C=O) groups is 9. The second-order valence-electron chi connectivity index (χ2n) is 32.5.